The maximum Gasteiger partial charge on any atom is 0.315 e. The predicted octanol–water partition coefficient (Wildman–Crippen LogP) is 0.491. The van der Waals surface area contributed by atoms with Gasteiger partial charge >= 0.3 is 12.0 Å². The number of nitrogens with zero attached hydrogens (tertiary/aromatic N) is 1. The quantitative estimate of drug-likeness (QED) is 0.581. The van der Waals surface area contributed by atoms with Gasteiger partial charge in [0, 0.05) is 19.1 Å². The molecule has 0 fully saturated rings. The summed E-state index contributed by atoms with van der Waals surface area (Å²) in [5.41, 5.74) is 0. The average molecular weight is 245 g/mol. The Labute approximate surface area is 102 Å². The van der Waals surface area contributed by atoms with Crippen molar-refractivity contribution in [2.75, 3.05) is 27.2 Å². The van der Waals surface area contributed by atoms with Gasteiger partial charge < -0.3 is 20.6 Å². The van der Waals surface area contributed by atoms with E-state index in [0.717, 1.165) is 13.0 Å². The third-order valence-electron chi connectivity index (χ3n) is 2.24. The molecule has 0 bridgehead atoms. The first-order chi connectivity index (χ1) is 7.95. The minimum Gasteiger partial charge on any atom is -0.481 e. The number of hydrogen-bond acceptors (Lipinski definition) is 3. The Hall–Kier alpha value is -1.30. The molecule has 1 unspecified atom stereocenters. The van der Waals surface area contributed by atoms with Gasteiger partial charge in [-0.15, -0.1) is 0 Å². The number of aliphatic carboxylic acids is 1. The fourth-order valence-corrected chi connectivity index (χ4v) is 1.41. The van der Waals surface area contributed by atoms with Crippen molar-refractivity contribution in [3.63, 3.8) is 0 Å². The van der Waals surface area contributed by atoms with E-state index >= 15 is 0 Å². The van der Waals surface area contributed by atoms with Crippen molar-refractivity contribution in [1.82, 2.24) is 15.5 Å². The number of carbonyl (C=O) groups is 2. The molecular formula is C11H23N3O3. The van der Waals surface area contributed by atoms with Crippen molar-refractivity contribution in [3.8, 4) is 0 Å². The summed E-state index contributed by atoms with van der Waals surface area (Å²) >= 11 is 0. The molecule has 0 aliphatic carbocycles. The normalized spacial score (nSPS) is 12.2. The Morgan fingerprint density at radius 2 is 2.00 bits per heavy atom. The second-order valence-electron chi connectivity index (χ2n) is 4.29. The van der Waals surface area contributed by atoms with Crippen molar-refractivity contribution in [2.45, 2.75) is 32.2 Å². The van der Waals surface area contributed by atoms with E-state index in [1.807, 2.05) is 25.9 Å². The molecular weight excluding hydrogens is 222 g/mol. The summed E-state index contributed by atoms with van der Waals surface area (Å²) in [6, 6.07) is -0.594. The highest BCUT2D eigenvalue weighted by molar-refractivity contribution is 5.75. The first-order valence-electron chi connectivity index (χ1n) is 5.86. The zero-order valence-corrected chi connectivity index (χ0v) is 10.8. The van der Waals surface area contributed by atoms with Crippen molar-refractivity contribution in [1.29, 1.82) is 0 Å². The van der Waals surface area contributed by atoms with Gasteiger partial charge in [0.15, 0.2) is 0 Å². The molecule has 6 heteroatoms. The van der Waals surface area contributed by atoms with Crippen LogP contribution in [0.25, 0.3) is 0 Å². The first kappa shape index (κ1) is 15.7. The smallest absolute Gasteiger partial charge is 0.315 e. The lowest BCUT2D eigenvalue weighted by Gasteiger charge is -2.17. The maximum atomic E-state index is 11.5. The van der Waals surface area contributed by atoms with Crippen molar-refractivity contribution < 1.29 is 14.7 Å². The van der Waals surface area contributed by atoms with Crippen LogP contribution in [-0.2, 0) is 4.79 Å². The summed E-state index contributed by atoms with van der Waals surface area (Å²) in [6.45, 7) is 3.26. The molecule has 0 rings (SSSR count). The number of likely N-dealkylation sites (N-methyl/N-ethyl adjacent to an activating group) is 1. The molecule has 0 spiro atoms. The summed E-state index contributed by atoms with van der Waals surface area (Å²) in [4.78, 5) is 24.0. The number of amides is 2. The lowest BCUT2D eigenvalue weighted by atomic mass is 10.1. The van der Waals surface area contributed by atoms with Gasteiger partial charge in [-0.1, -0.05) is 13.3 Å². The minimum atomic E-state index is -0.892. The lowest BCUT2D eigenvalue weighted by molar-refractivity contribution is -0.137. The molecule has 2 amide bonds. The van der Waals surface area contributed by atoms with Gasteiger partial charge in [-0.2, -0.15) is 0 Å². The van der Waals surface area contributed by atoms with E-state index in [4.69, 9.17) is 5.11 Å². The van der Waals surface area contributed by atoms with Crippen molar-refractivity contribution in [2.24, 2.45) is 0 Å². The molecule has 0 aliphatic heterocycles. The Kier molecular flexibility index (Phi) is 8.13. The number of carbonyl (C=O) groups excluding carboxylic acids is 1. The van der Waals surface area contributed by atoms with Gasteiger partial charge in [0.2, 0.25) is 0 Å². The van der Waals surface area contributed by atoms with Crippen LogP contribution in [0.2, 0.25) is 0 Å². The summed E-state index contributed by atoms with van der Waals surface area (Å²) in [6.07, 6.45) is 1.48. The van der Waals surface area contributed by atoms with Crippen LogP contribution in [0.15, 0.2) is 0 Å². The molecule has 6 nitrogen and oxygen atoms in total. The summed E-state index contributed by atoms with van der Waals surface area (Å²) in [7, 11) is 3.84. The van der Waals surface area contributed by atoms with Crippen LogP contribution in [-0.4, -0.2) is 55.2 Å². The van der Waals surface area contributed by atoms with Gasteiger partial charge in [-0.25, -0.2) is 4.79 Å². The number of carboxylic acids is 1. The standard InChI is InChI=1S/C11H23N3O3/c1-4-5-9(8-10(15)16)13-11(17)12-6-7-14(2)3/h9H,4-8H2,1-3H3,(H,15,16)(H2,12,13,17). The zero-order chi connectivity index (χ0) is 13.3. The zero-order valence-electron chi connectivity index (χ0n) is 10.8. The molecule has 0 aromatic carbocycles. The molecule has 17 heavy (non-hydrogen) atoms. The Morgan fingerprint density at radius 1 is 1.35 bits per heavy atom. The van der Waals surface area contributed by atoms with Crippen LogP contribution in [0.4, 0.5) is 4.79 Å². The van der Waals surface area contributed by atoms with Crippen LogP contribution in [0.5, 0.6) is 0 Å². The van der Waals surface area contributed by atoms with Crippen LogP contribution < -0.4 is 10.6 Å². The van der Waals surface area contributed by atoms with Gasteiger partial charge in [-0.3, -0.25) is 4.79 Å². The highest BCUT2D eigenvalue weighted by Gasteiger charge is 2.14. The first-order valence-corrected chi connectivity index (χ1v) is 5.86. The Bertz CT molecular complexity index is 244. The van der Waals surface area contributed by atoms with Crippen LogP contribution in [0.1, 0.15) is 26.2 Å². The van der Waals surface area contributed by atoms with Crippen LogP contribution in [0, 0.1) is 0 Å². The molecule has 0 saturated heterocycles. The molecule has 3 N–H and O–H groups in total. The summed E-state index contributed by atoms with van der Waals surface area (Å²) in [5.74, 6) is -0.892. The van der Waals surface area contributed by atoms with E-state index < -0.39 is 5.97 Å². The fraction of sp³-hybridized carbons (Fsp3) is 0.818. The van der Waals surface area contributed by atoms with Gasteiger partial charge in [0.05, 0.1) is 6.42 Å². The number of hydrogen-bond donors (Lipinski definition) is 3. The molecule has 0 saturated carbocycles. The second kappa shape index (κ2) is 8.81. The molecule has 1 atom stereocenters. The number of carboxylic acid groups (broad SMARTS) is 1. The highest BCUT2D eigenvalue weighted by Crippen LogP contribution is 2.01. The third kappa shape index (κ3) is 9.62. The largest absolute Gasteiger partial charge is 0.481 e. The Morgan fingerprint density at radius 3 is 2.47 bits per heavy atom. The number of urea groups is 1. The SMILES string of the molecule is CCCC(CC(=O)O)NC(=O)NCCN(C)C. The highest BCUT2D eigenvalue weighted by atomic mass is 16.4. The molecule has 100 valence electrons. The Balaban J connectivity index is 3.90. The minimum absolute atomic E-state index is 0.0328. The van der Waals surface area contributed by atoms with E-state index in [1.165, 1.54) is 0 Å². The summed E-state index contributed by atoms with van der Waals surface area (Å²) < 4.78 is 0. The van der Waals surface area contributed by atoms with E-state index in [9.17, 15) is 9.59 Å². The van der Waals surface area contributed by atoms with Crippen LogP contribution in [0.3, 0.4) is 0 Å². The molecule has 0 aromatic rings. The van der Waals surface area contributed by atoms with Gasteiger partial charge in [0.25, 0.3) is 0 Å². The van der Waals surface area contributed by atoms with Crippen molar-refractivity contribution >= 4 is 12.0 Å². The number of rotatable bonds is 8. The van der Waals surface area contributed by atoms with Gasteiger partial charge in [0.1, 0.15) is 0 Å². The topological polar surface area (TPSA) is 81.7 Å². The predicted molar refractivity (Wildman–Crippen MR) is 66.0 cm³/mol. The average Bonchev–Trinajstić information content (AvgIpc) is 2.15. The monoisotopic (exact) mass is 245 g/mol. The molecule has 0 radical (unpaired) electrons. The summed E-state index contributed by atoms with van der Waals surface area (Å²) in [5, 5.41) is 14.1. The van der Waals surface area contributed by atoms with Crippen molar-refractivity contribution in [3.05, 3.63) is 0 Å². The third-order valence-corrected chi connectivity index (χ3v) is 2.24. The lowest BCUT2D eigenvalue weighted by Crippen LogP contribution is -2.44. The van der Waals surface area contributed by atoms with E-state index in [0.29, 0.717) is 13.0 Å². The maximum absolute atomic E-state index is 11.5. The molecule has 0 aromatic heterocycles. The van der Waals surface area contributed by atoms with E-state index in [1.54, 1.807) is 0 Å². The second-order valence-corrected chi connectivity index (χ2v) is 4.29. The van der Waals surface area contributed by atoms with E-state index in [-0.39, 0.29) is 18.5 Å². The van der Waals surface area contributed by atoms with Crippen LogP contribution >= 0.6 is 0 Å². The van der Waals surface area contributed by atoms with E-state index in [2.05, 4.69) is 10.6 Å². The van der Waals surface area contributed by atoms with Gasteiger partial charge in [-0.05, 0) is 20.5 Å². The fourth-order valence-electron chi connectivity index (χ4n) is 1.41. The molecule has 0 aliphatic rings. The number of nitrogens with one attached hydrogen (secondary N) is 2. The molecule has 0 heterocycles.